The number of nitrogens with zero attached hydrogens (tertiary/aromatic N) is 2. The molecule has 0 aliphatic carbocycles. The van der Waals surface area contributed by atoms with Crippen LogP contribution in [0.4, 0.5) is 5.69 Å². The second-order valence-electron chi connectivity index (χ2n) is 10.9. The van der Waals surface area contributed by atoms with Gasteiger partial charge in [0.25, 0.3) is 10.0 Å². The van der Waals surface area contributed by atoms with Crippen molar-refractivity contribution in [2.75, 3.05) is 10.8 Å². The van der Waals surface area contributed by atoms with Gasteiger partial charge >= 0.3 is 0 Å². The van der Waals surface area contributed by atoms with Crippen LogP contribution in [0.1, 0.15) is 30.5 Å². The molecule has 1 atom stereocenters. The zero-order chi connectivity index (χ0) is 32.7. The first-order valence-electron chi connectivity index (χ1n) is 14.3. The maximum absolute atomic E-state index is 14.5. The molecule has 0 spiro atoms. The van der Waals surface area contributed by atoms with Crippen LogP contribution in [0.5, 0.6) is 0 Å². The first kappa shape index (κ1) is 34.5. The van der Waals surface area contributed by atoms with E-state index in [1.54, 1.807) is 54.6 Å². The number of benzene rings is 4. The minimum atomic E-state index is -4.20. The molecule has 0 radical (unpaired) electrons. The van der Waals surface area contributed by atoms with E-state index in [-0.39, 0.29) is 29.8 Å². The lowest BCUT2D eigenvalue weighted by molar-refractivity contribution is -0.140. The minimum Gasteiger partial charge on any atom is -0.352 e. The van der Waals surface area contributed by atoms with Crippen LogP contribution in [0.15, 0.2) is 106 Å². The third-order valence-corrected chi connectivity index (χ3v) is 9.96. The maximum Gasteiger partial charge on any atom is 0.264 e. The number of carbonyl (C=O) groups excluding carboxylic acids is 2. The lowest BCUT2D eigenvalue weighted by Gasteiger charge is -2.34. The highest BCUT2D eigenvalue weighted by Gasteiger charge is 2.35. The SMILES string of the molecule is Cc1ccc(S(=O)(=O)N(CC(=O)N(Cc2ccc(Cl)cc2Cl)C(Cc2ccccc2)C(=O)NC(C)C)c2ccc(Br)cc2)cc1. The number of hydrogen-bond acceptors (Lipinski definition) is 4. The Labute approximate surface area is 283 Å². The van der Waals surface area contributed by atoms with Crippen LogP contribution in [0.25, 0.3) is 0 Å². The predicted molar refractivity (Wildman–Crippen MR) is 184 cm³/mol. The fourth-order valence-electron chi connectivity index (χ4n) is 4.74. The van der Waals surface area contributed by atoms with Crippen molar-refractivity contribution in [2.45, 2.75) is 50.7 Å². The van der Waals surface area contributed by atoms with Gasteiger partial charge in [0.05, 0.1) is 10.6 Å². The average molecular weight is 732 g/mol. The predicted octanol–water partition coefficient (Wildman–Crippen LogP) is 7.42. The Balaban J connectivity index is 1.82. The molecule has 7 nitrogen and oxygen atoms in total. The van der Waals surface area contributed by atoms with Crippen molar-refractivity contribution >= 4 is 66.7 Å². The number of rotatable bonds is 12. The molecular weight excluding hydrogens is 697 g/mol. The van der Waals surface area contributed by atoms with Crippen molar-refractivity contribution in [1.29, 1.82) is 0 Å². The standard InChI is InChI=1S/C34H34BrCl2N3O4S/c1-23(2)38-34(42)32(19-25-7-5-4-6-8-25)39(21-26-11-14-28(36)20-31(26)37)33(41)22-40(29-15-12-27(35)13-16-29)45(43,44)30-17-9-24(3)10-18-30/h4-18,20,23,32H,19,21-22H2,1-3H3,(H,38,42). The Kier molecular flexibility index (Phi) is 11.7. The van der Waals surface area contributed by atoms with Crippen molar-refractivity contribution < 1.29 is 18.0 Å². The second-order valence-corrected chi connectivity index (χ2v) is 14.5. The van der Waals surface area contributed by atoms with Gasteiger partial charge in [0, 0.05) is 33.5 Å². The zero-order valence-electron chi connectivity index (χ0n) is 25.1. The summed E-state index contributed by atoms with van der Waals surface area (Å²) in [5.41, 5.74) is 2.58. The molecule has 4 aromatic rings. The van der Waals surface area contributed by atoms with Gasteiger partial charge in [0.15, 0.2) is 0 Å². The molecule has 4 aromatic carbocycles. The fourth-order valence-corrected chi connectivity index (χ4v) is 6.89. The van der Waals surface area contributed by atoms with E-state index < -0.39 is 28.5 Å². The first-order chi connectivity index (χ1) is 21.3. The Morgan fingerprint density at radius 1 is 0.889 bits per heavy atom. The topological polar surface area (TPSA) is 86.8 Å². The van der Waals surface area contributed by atoms with Crippen LogP contribution in [-0.2, 0) is 32.6 Å². The van der Waals surface area contributed by atoms with E-state index in [2.05, 4.69) is 21.2 Å². The number of nitrogens with one attached hydrogen (secondary N) is 1. The molecule has 0 bridgehead atoms. The molecule has 0 saturated heterocycles. The molecule has 0 aliphatic rings. The summed E-state index contributed by atoms with van der Waals surface area (Å²) < 4.78 is 30.0. The van der Waals surface area contributed by atoms with Gasteiger partial charge in [-0.25, -0.2) is 8.42 Å². The van der Waals surface area contributed by atoms with Crippen LogP contribution in [0.3, 0.4) is 0 Å². The van der Waals surface area contributed by atoms with Crippen LogP contribution < -0.4 is 9.62 Å². The summed E-state index contributed by atoms with van der Waals surface area (Å²) in [7, 11) is -4.20. The lowest BCUT2D eigenvalue weighted by Crippen LogP contribution is -2.54. The molecule has 0 fully saturated rings. The summed E-state index contributed by atoms with van der Waals surface area (Å²) in [6.45, 7) is 4.91. The molecule has 0 aromatic heterocycles. The number of hydrogen-bond donors (Lipinski definition) is 1. The van der Waals surface area contributed by atoms with Gasteiger partial charge in [0.2, 0.25) is 11.8 Å². The van der Waals surface area contributed by atoms with Crippen molar-refractivity contribution in [3.8, 4) is 0 Å². The van der Waals surface area contributed by atoms with Gasteiger partial charge in [-0.2, -0.15) is 0 Å². The van der Waals surface area contributed by atoms with Gasteiger partial charge in [-0.1, -0.05) is 93.2 Å². The van der Waals surface area contributed by atoms with E-state index in [9.17, 15) is 18.0 Å². The van der Waals surface area contributed by atoms with Crippen molar-refractivity contribution in [1.82, 2.24) is 10.2 Å². The quantitative estimate of drug-likeness (QED) is 0.164. The first-order valence-corrected chi connectivity index (χ1v) is 17.3. The molecule has 11 heteroatoms. The largest absolute Gasteiger partial charge is 0.352 e. The van der Waals surface area contributed by atoms with Crippen molar-refractivity contribution in [2.24, 2.45) is 0 Å². The molecule has 2 amide bonds. The molecule has 4 rings (SSSR count). The van der Waals surface area contributed by atoms with Gasteiger partial charge in [-0.3, -0.25) is 13.9 Å². The smallest absolute Gasteiger partial charge is 0.264 e. The normalized spacial score (nSPS) is 12.1. The van der Waals surface area contributed by atoms with Crippen molar-refractivity contribution in [3.63, 3.8) is 0 Å². The van der Waals surface area contributed by atoms with Crippen LogP contribution in [0.2, 0.25) is 10.0 Å². The van der Waals surface area contributed by atoms with Crippen LogP contribution >= 0.6 is 39.1 Å². The van der Waals surface area contributed by atoms with E-state index >= 15 is 0 Å². The summed E-state index contributed by atoms with van der Waals surface area (Å²) in [5, 5.41) is 3.68. The molecular formula is C34H34BrCl2N3O4S. The zero-order valence-corrected chi connectivity index (χ0v) is 29.0. The third-order valence-electron chi connectivity index (χ3n) is 7.06. The summed E-state index contributed by atoms with van der Waals surface area (Å²) in [6.07, 6.45) is 0.194. The summed E-state index contributed by atoms with van der Waals surface area (Å²) in [4.78, 5) is 29.7. The summed E-state index contributed by atoms with van der Waals surface area (Å²) in [6, 6.07) is 26.2. The Morgan fingerprint density at radius 3 is 2.13 bits per heavy atom. The van der Waals surface area contributed by atoms with Crippen LogP contribution in [0, 0.1) is 6.92 Å². The number of anilines is 1. The number of amides is 2. The maximum atomic E-state index is 14.5. The molecule has 0 aliphatic heterocycles. The minimum absolute atomic E-state index is 0.0366. The molecule has 0 heterocycles. The summed E-state index contributed by atoms with van der Waals surface area (Å²) in [5.74, 6) is -0.955. The highest BCUT2D eigenvalue weighted by atomic mass is 79.9. The monoisotopic (exact) mass is 729 g/mol. The van der Waals surface area contributed by atoms with E-state index in [0.717, 1.165) is 19.9 Å². The second kappa shape index (κ2) is 15.3. The Hall–Kier alpha value is -3.37. The number of aryl methyl sites for hydroxylation is 1. The van der Waals surface area contributed by atoms with E-state index in [0.29, 0.717) is 21.3 Å². The fraction of sp³-hybridized carbons (Fsp3) is 0.235. The molecule has 45 heavy (non-hydrogen) atoms. The highest BCUT2D eigenvalue weighted by Crippen LogP contribution is 2.28. The van der Waals surface area contributed by atoms with Gasteiger partial charge in [-0.05, 0) is 80.4 Å². The molecule has 236 valence electrons. The van der Waals surface area contributed by atoms with Crippen molar-refractivity contribution in [3.05, 3.63) is 128 Å². The number of sulfonamides is 1. The molecule has 0 saturated carbocycles. The molecule has 1 N–H and O–H groups in total. The lowest BCUT2D eigenvalue weighted by atomic mass is 10.0. The number of carbonyl (C=O) groups is 2. The van der Waals surface area contributed by atoms with E-state index in [1.165, 1.54) is 17.0 Å². The molecule has 1 unspecified atom stereocenters. The van der Waals surface area contributed by atoms with Gasteiger partial charge in [-0.15, -0.1) is 0 Å². The van der Waals surface area contributed by atoms with E-state index in [4.69, 9.17) is 23.2 Å². The number of halogens is 3. The third kappa shape index (κ3) is 9.10. The summed E-state index contributed by atoms with van der Waals surface area (Å²) >= 11 is 16.1. The van der Waals surface area contributed by atoms with E-state index in [1.807, 2.05) is 51.1 Å². The van der Waals surface area contributed by atoms with Gasteiger partial charge in [0.1, 0.15) is 12.6 Å². The Bertz CT molecular complexity index is 1740. The average Bonchev–Trinajstić information content (AvgIpc) is 2.99. The van der Waals surface area contributed by atoms with Gasteiger partial charge < -0.3 is 10.2 Å². The Morgan fingerprint density at radius 2 is 1.53 bits per heavy atom. The van der Waals surface area contributed by atoms with Crippen LogP contribution in [-0.4, -0.2) is 43.8 Å². The highest BCUT2D eigenvalue weighted by molar-refractivity contribution is 9.10.